The Labute approximate surface area is 178 Å². The molecule has 0 aromatic carbocycles. The van der Waals surface area contributed by atoms with Gasteiger partial charge in [-0.15, -0.1) is 0 Å². The molecule has 0 aliphatic heterocycles. The van der Waals surface area contributed by atoms with E-state index >= 15 is 0 Å². The summed E-state index contributed by atoms with van der Waals surface area (Å²) in [6.07, 6.45) is 0. The maximum Gasteiger partial charge on any atom is 1.00 e. The summed E-state index contributed by atoms with van der Waals surface area (Å²) in [6, 6.07) is 0. The Morgan fingerprint density at radius 3 is 0.500 bits per heavy atom. The largest absolute Gasteiger partial charge is 1.00 e. The molecule has 0 rings (SSSR count). The van der Waals surface area contributed by atoms with Crippen LogP contribution in [0.2, 0.25) is 0 Å². The fourth-order valence-corrected chi connectivity index (χ4v) is 0. The normalized spacial score (nSPS) is 0. The Hall–Kier alpha value is 5.56. The molecule has 16 valence electrons. The first-order chi connectivity index (χ1) is 0. The molecule has 4 heteroatoms. The molecule has 0 spiro atoms. The molecule has 0 atom stereocenters. The van der Waals surface area contributed by atoms with Gasteiger partial charge in [-0.25, -0.2) is 0 Å². The van der Waals surface area contributed by atoms with E-state index in [1.165, 1.54) is 0 Å². The predicted octanol–water partition coefficient (Wildman–Crippen LogP) is -12.0. The summed E-state index contributed by atoms with van der Waals surface area (Å²) in [5.41, 5.74) is 0. The van der Waals surface area contributed by atoms with Crippen molar-refractivity contribution in [2.45, 2.75) is 0 Å². The van der Waals surface area contributed by atoms with Gasteiger partial charge >= 0.3 is 138 Å². The van der Waals surface area contributed by atoms with Crippen LogP contribution in [0, 0.1) is 0 Å². The van der Waals surface area contributed by atoms with Crippen LogP contribution in [0.5, 0.6) is 0 Å². The monoisotopic (exact) mass is 520 g/mol. The minimum Gasteiger partial charge on any atom is -1.00 e. The molecule has 0 aliphatic rings. The summed E-state index contributed by atoms with van der Waals surface area (Å²) in [4.78, 5) is 0. The summed E-state index contributed by atoms with van der Waals surface area (Å²) in [6.45, 7) is 0. The van der Waals surface area contributed by atoms with Crippen molar-refractivity contribution in [1.29, 1.82) is 0 Å². The fourth-order valence-electron chi connectivity index (χ4n) is 0. The van der Waals surface area contributed by atoms with Crippen molar-refractivity contribution >= 4 is 0 Å². The summed E-state index contributed by atoms with van der Waals surface area (Å²) >= 11 is 0. The smallest absolute Gasteiger partial charge is 1.00 e. The maximum absolute atomic E-state index is 0. The third-order valence-corrected chi connectivity index (χ3v) is 0. The van der Waals surface area contributed by atoms with E-state index < -0.39 is 0 Å². The van der Waals surface area contributed by atoms with Crippen LogP contribution in [0.1, 0.15) is 0 Å². The minimum absolute atomic E-state index is 0. The first-order valence-electron chi connectivity index (χ1n) is 0. The summed E-state index contributed by atoms with van der Waals surface area (Å²) in [5, 5.41) is 0. The average molecular weight is 520 g/mol. The standard InChI is InChI=1S/2Cs.2HI/h;;2*1H/q2*+1;;/p-2. The van der Waals surface area contributed by atoms with Gasteiger partial charge in [-0.1, -0.05) is 0 Å². The molecule has 0 saturated carbocycles. The van der Waals surface area contributed by atoms with Crippen LogP contribution < -0.4 is 186 Å². The van der Waals surface area contributed by atoms with Crippen LogP contribution in [0.3, 0.4) is 0 Å². The van der Waals surface area contributed by atoms with Crippen LogP contribution in [0.15, 0.2) is 0 Å². The van der Waals surface area contributed by atoms with Crippen LogP contribution in [-0.2, 0) is 0 Å². The second kappa shape index (κ2) is 15.8. The maximum atomic E-state index is 0. The Bertz CT molecular complexity index is 4.00. The van der Waals surface area contributed by atoms with E-state index in [2.05, 4.69) is 0 Å². The molecule has 4 heavy (non-hydrogen) atoms. The number of hydrogen-bond acceptors (Lipinski definition) is 0. The van der Waals surface area contributed by atoms with Gasteiger partial charge in [-0.05, 0) is 0 Å². The van der Waals surface area contributed by atoms with E-state index in [1.807, 2.05) is 0 Å². The molecule has 0 unspecified atom stereocenters. The molecule has 0 heterocycles. The molecule has 0 aliphatic carbocycles. The van der Waals surface area contributed by atoms with Gasteiger partial charge in [0.1, 0.15) is 0 Å². The molecule has 0 saturated heterocycles. The van der Waals surface area contributed by atoms with E-state index in [0.29, 0.717) is 0 Å². The van der Waals surface area contributed by atoms with E-state index in [4.69, 9.17) is 0 Å². The molecule has 0 bridgehead atoms. The van der Waals surface area contributed by atoms with Gasteiger partial charge in [0.25, 0.3) is 0 Å². The molecular formula is Cs2I2. The van der Waals surface area contributed by atoms with Gasteiger partial charge in [0.2, 0.25) is 0 Å². The first-order valence-corrected chi connectivity index (χ1v) is 0. The van der Waals surface area contributed by atoms with Crippen molar-refractivity contribution in [3.63, 3.8) is 0 Å². The predicted molar refractivity (Wildman–Crippen MR) is 0 cm³/mol. The Kier molecular flexibility index (Phi) is 89.7. The second-order valence-corrected chi connectivity index (χ2v) is 0. The van der Waals surface area contributed by atoms with Gasteiger partial charge in [0.15, 0.2) is 0 Å². The Morgan fingerprint density at radius 1 is 0.500 bits per heavy atom. The zero-order chi connectivity index (χ0) is 0. The summed E-state index contributed by atoms with van der Waals surface area (Å²) in [7, 11) is 0. The Morgan fingerprint density at radius 2 is 0.500 bits per heavy atom. The topological polar surface area (TPSA) is 0 Å². The third-order valence-electron chi connectivity index (χ3n) is 0. The van der Waals surface area contributed by atoms with Crippen molar-refractivity contribution in [3.05, 3.63) is 0 Å². The van der Waals surface area contributed by atoms with Crippen LogP contribution in [0.25, 0.3) is 0 Å². The van der Waals surface area contributed by atoms with Crippen LogP contribution >= 0.6 is 0 Å². The van der Waals surface area contributed by atoms with E-state index in [1.54, 1.807) is 0 Å². The molecule has 0 aromatic rings. The third kappa shape index (κ3) is 10.5. The van der Waals surface area contributed by atoms with Crippen molar-refractivity contribution in [1.82, 2.24) is 0 Å². The Balaban J connectivity index is 0. The number of halogens is 2. The molecule has 0 radical (unpaired) electrons. The van der Waals surface area contributed by atoms with E-state index in [-0.39, 0.29) is 186 Å². The number of hydrogen-bond donors (Lipinski definition) is 0. The van der Waals surface area contributed by atoms with Gasteiger partial charge < -0.3 is 48.0 Å². The molecule has 0 N–H and O–H groups in total. The minimum atomic E-state index is 0. The zero-order valence-electron chi connectivity index (χ0n) is 2.76. The van der Waals surface area contributed by atoms with Crippen molar-refractivity contribution in [3.8, 4) is 0 Å². The molecule has 0 fully saturated rings. The second-order valence-electron chi connectivity index (χ2n) is 0. The molecule has 0 amide bonds. The van der Waals surface area contributed by atoms with E-state index in [0.717, 1.165) is 0 Å². The fraction of sp³-hybridized carbons (Fsp3) is 0. The van der Waals surface area contributed by atoms with Crippen molar-refractivity contribution in [2.24, 2.45) is 0 Å². The van der Waals surface area contributed by atoms with Gasteiger partial charge in [-0.3, -0.25) is 0 Å². The van der Waals surface area contributed by atoms with Crippen LogP contribution in [0.4, 0.5) is 0 Å². The summed E-state index contributed by atoms with van der Waals surface area (Å²) in [5.74, 6) is 0. The number of rotatable bonds is 0. The first kappa shape index (κ1) is 22.7. The molecule has 0 aromatic heterocycles. The van der Waals surface area contributed by atoms with Gasteiger partial charge in [-0.2, -0.15) is 0 Å². The van der Waals surface area contributed by atoms with E-state index in [9.17, 15) is 0 Å². The SMILES string of the molecule is [Cs+].[Cs+].[I-].[I-]. The average Bonchev–Trinajstić information content (AvgIpc) is 0. The molecule has 0 nitrogen and oxygen atoms in total. The summed E-state index contributed by atoms with van der Waals surface area (Å²) < 4.78 is 0. The van der Waals surface area contributed by atoms with Crippen molar-refractivity contribution in [2.75, 3.05) is 0 Å². The van der Waals surface area contributed by atoms with Crippen LogP contribution in [-0.4, -0.2) is 0 Å². The van der Waals surface area contributed by atoms with Gasteiger partial charge in [0.05, 0.1) is 0 Å². The van der Waals surface area contributed by atoms with Gasteiger partial charge in [0, 0.05) is 0 Å². The quantitative estimate of drug-likeness (QED) is 0.279. The van der Waals surface area contributed by atoms with Crippen molar-refractivity contribution < 1.29 is 186 Å². The molecular weight excluding hydrogens is 520 g/mol. The zero-order valence-corrected chi connectivity index (χ0v) is 19.6.